The smallest absolute Gasteiger partial charge is 0.234 e. The summed E-state index contributed by atoms with van der Waals surface area (Å²) in [6.45, 7) is 10.8. The third-order valence-corrected chi connectivity index (χ3v) is 2.54. The summed E-state index contributed by atoms with van der Waals surface area (Å²) in [6.07, 6.45) is 2.26. The summed E-state index contributed by atoms with van der Waals surface area (Å²) in [6, 6.07) is 0.179. The normalized spacial score (nSPS) is 11.0. The summed E-state index contributed by atoms with van der Waals surface area (Å²) in [5.41, 5.74) is 0. The number of hydrogen-bond acceptors (Lipinski definition) is 5. The lowest BCUT2D eigenvalue weighted by Gasteiger charge is -2.09. The van der Waals surface area contributed by atoms with E-state index in [2.05, 4.69) is 17.6 Å². The third kappa shape index (κ3) is 17.3. The molecular weight excluding hydrogens is 272 g/mol. The van der Waals surface area contributed by atoms with E-state index in [4.69, 9.17) is 14.2 Å². The Morgan fingerprint density at radius 1 is 0.952 bits per heavy atom. The number of carbonyl (C=O) groups is 1. The van der Waals surface area contributed by atoms with Gasteiger partial charge in [0.2, 0.25) is 5.91 Å². The molecule has 0 aromatic carbocycles. The minimum atomic E-state index is 0.0106. The van der Waals surface area contributed by atoms with E-state index in [9.17, 15) is 4.79 Å². The maximum Gasteiger partial charge on any atom is 0.234 e. The number of amides is 1. The topological polar surface area (TPSA) is 68.8 Å². The molecule has 0 rings (SSSR count). The lowest BCUT2D eigenvalue weighted by Crippen LogP contribution is -2.38. The van der Waals surface area contributed by atoms with Gasteiger partial charge in [0.15, 0.2) is 0 Å². The zero-order valence-electron chi connectivity index (χ0n) is 13.8. The van der Waals surface area contributed by atoms with E-state index in [0.717, 1.165) is 19.4 Å². The average Bonchev–Trinajstić information content (AvgIpc) is 2.43. The summed E-state index contributed by atoms with van der Waals surface area (Å²) in [7, 11) is 0. The molecule has 0 aromatic rings. The molecule has 21 heavy (non-hydrogen) atoms. The number of unbranched alkanes of at least 4 members (excludes halogenated alkanes) is 1. The van der Waals surface area contributed by atoms with Gasteiger partial charge in [-0.05, 0) is 20.3 Å². The van der Waals surface area contributed by atoms with Crippen LogP contribution in [-0.2, 0) is 19.0 Å². The molecule has 0 aliphatic rings. The molecule has 0 heterocycles. The maximum atomic E-state index is 11.3. The van der Waals surface area contributed by atoms with Crippen LogP contribution in [0.5, 0.6) is 0 Å². The Labute approximate surface area is 128 Å². The van der Waals surface area contributed by atoms with Gasteiger partial charge in [0.25, 0.3) is 0 Å². The van der Waals surface area contributed by atoms with Crippen molar-refractivity contribution in [2.45, 2.75) is 39.7 Å². The first-order chi connectivity index (χ1) is 10.2. The molecule has 126 valence electrons. The fraction of sp³-hybridized carbons (Fsp3) is 0.933. The van der Waals surface area contributed by atoms with E-state index in [1.165, 1.54) is 0 Å². The molecule has 0 aromatic heterocycles. The van der Waals surface area contributed by atoms with Gasteiger partial charge in [0.1, 0.15) is 0 Å². The van der Waals surface area contributed by atoms with E-state index in [1.807, 2.05) is 13.8 Å². The second kappa shape index (κ2) is 15.7. The fourth-order valence-corrected chi connectivity index (χ4v) is 1.51. The third-order valence-electron chi connectivity index (χ3n) is 2.54. The van der Waals surface area contributed by atoms with Crippen molar-refractivity contribution in [3.05, 3.63) is 0 Å². The van der Waals surface area contributed by atoms with Gasteiger partial charge in [0.05, 0.1) is 39.6 Å². The molecule has 0 radical (unpaired) electrons. The molecule has 0 fully saturated rings. The molecule has 0 bridgehead atoms. The van der Waals surface area contributed by atoms with Crippen molar-refractivity contribution in [2.75, 3.05) is 52.7 Å². The maximum absolute atomic E-state index is 11.3. The van der Waals surface area contributed by atoms with Gasteiger partial charge in [-0.2, -0.15) is 0 Å². The summed E-state index contributed by atoms with van der Waals surface area (Å²) < 4.78 is 16.1. The van der Waals surface area contributed by atoms with Crippen LogP contribution in [-0.4, -0.2) is 64.7 Å². The summed E-state index contributed by atoms with van der Waals surface area (Å²) >= 11 is 0. The molecular formula is C15H32N2O4. The Morgan fingerprint density at radius 2 is 1.52 bits per heavy atom. The number of nitrogens with one attached hydrogen (secondary N) is 2. The van der Waals surface area contributed by atoms with Crippen molar-refractivity contribution in [3.63, 3.8) is 0 Å². The van der Waals surface area contributed by atoms with Crippen molar-refractivity contribution in [1.82, 2.24) is 10.6 Å². The van der Waals surface area contributed by atoms with Gasteiger partial charge in [-0.15, -0.1) is 0 Å². The second-order valence-corrected chi connectivity index (χ2v) is 5.09. The van der Waals surface area contributed by atoms with Crippen LogP contribution >= 0.6 is 0 Å². The molecule has 6 nitrogen and oxygen atoms in total. The number of hydrogen-bond donors (Lipinski definition) is 2. The van der Waals surface area contributed by atoms with E-state index < -0.39 is 0 Å². The zero-order chi connectivity index (χ0) is 15.8. The van der Waals surface area contributed by atoms with Crippen LogP contribution in [0, 0.1) is 0 Å². The SMILES string of the molecule is CCCCOCCOCCOCCNCC(=O)NC(C)C. The first kappa shape index (κ1) is 20.3. The van der Waals surface area contributed by atoms with Crippen molar-refractivity contribution in [3.8, 4) is 0 Å². The van der Waals surface area contributed by atoms with Crippen molar-refractivity contribution < 1.29 is 19.0 Å². The van der Waals surface area contributed by atoms with Crippen molar-refractivity contribution in [1.29, 1.82) is 0 Å². The minimum absolute atomic E-state index is 0.0106. The summed E-state index contributed by atoms with van der Waals surface area (Å²) in [5.74, 6) is 0.0106. The first-order valence-electron chi connectivity index (χ1n) is 7.90. The molecule has 0 unspecified atom stereocenters. The van der Waals surface area contributed by atoms with Crippen molar-refractivity contribution >= 4 is 5.91 Å². The van der Waals surface area contributed by atoms with Crippen LogP contribution < -0.4 is 10.6 Å². The molecule has 0 aliphatic carbocycles. The van der Waals surface area contributed by atoms with E-state index in [-0.39, 0.29) is 11.9 Å². The Hall–Kier alpha value is -0.690. The molecule has 2 N–H and O–H groups in total. The molecule has 0 aliphatic heterocycles. The first-order valence-corrected chi connectivity index (χ1v) is 7.90. The lowest BCUT2D eigenvalue weighted by atomic mass is 10.4. The highest BCUT2D eigenvalue weighted by molar-refractivity contribution is 5.78. The second-order valence-electron chi connectivity index (χ2n) is 5.09. The largest absolute Gasteiger partial charge is 0.379 e. The standard InChI is InChI=1S/C15H32N2O4/c1-4-5-7-19-9-11-21-12-10-20-8-6-16-13-15(18)17-14(2)3/h14,16H,4-13H2,1-3H3,(H,17,18). The molecule has 1 amide bonds. The number of rotatable bonds is 15. The quantitative estimate of drug-likeness (QED) is 0.441. The van der Waals surface area contributed by atoms with Gasteiger partial charge in [-0.25, -0.2) is 0 Å². The highest BCUT2D eigenvalue weighted by Crippen LogP contribution is 1.88. The van der Waals surface area contributed by atoms with Crippen LogP contribution in [0.15, 0.2) is 0 Å². The van der Waals surface area contributed by atoms with Gasteiger partial charge < -0.3 is 24.8 Å². The highest BCUT2D eigenvalue weighted by atomic mass is 16.5. The predicted molar refractivity (Wildman–Crippen MR) is 83.5 cm³/mol. The van der Waals surface area contributed by atoms with Gasteiger partial charge in [-0.3, -0.25) is 4.79 Å². The summed E-state index contributed by atoms with van der Waals surface area (Å²) in [4.78, 5) is 11.3. The van der Waals surface area contributed by atoms with Crippen LogP contribution in [0.25, 0.3) is 0 Å². The van der Waals surface area contributed by atoms with E-state index >= 15 is 0 Å². The predicted octanol–water partition coefficient (Wildman–Crippen LogP) is 0.951. The monoisotopic (exact) mass is 304 g/mol. The van der Waals surface area contributed by atoms with Gasteiger partial charge in [0, 0.05) is 19.2 Å². The molecule has 0 atom stereocenters. The van der Waals surface area contributed by atoms with Gasteiger partial charge >= 0.3 is 0 Å². The average molecular weight is 304 g/mol. The van der Waals surface area contributed by atoms with Crippen LogP contribution in [0.3, 0.4) is 0 Å². The molecule has 6 heteroatoms. The van der Waals surface area contributed by atoms with E-state index in [0.29, 0.717) is 46.1 Å². The lowest BCUT2D eigenvalue weighted by molar-refractivity contribution is -0.120. The summed E-state index contributed by atoms with van der Waals surface area (Å²) in [5, 5.41) is 5.84. The van der Waals surface area contributed by atoms with Crippen LogP contribution in [0.4, 0.5) is 0 Å². The Bertz CT molecular complexity index is 238. The molecule has 0 saturated heterocycles. The fourth-order valence-electron chi connectivity index (χ4n) is 1.51. The Morgan fingerprint density at radius 3 is 2.10 bits per heavy atom. The van der Waals surface area contributed by atoms with Crippen LogP contribution in [0.2, 0.25) is 0 Å². The zero-order valence-corrected chi connectivity index (χ0v) is 13.8. The van der Waals surface area contributed by atoms with Gasteiger partial charge in [-0.1, -0.05) is 13.3 Å². The number of ether oxygens (including phenoxy) is 3. The van der Waals surface area contributed by atoms with Crippen molar-refractivity contribution in [2.24, 2.45) is 0 Å². The minimum Gasteiger partial charge on any atom is -0.379 e. The highest BCUT2D eigenvalue weighted by Gasteiger charge is 2.01. The molecule has 0 spiro atoms. The number of carbonyl (C=O) groups excluding carboxylic acids is 1. The van der Waals surface area contributed by atoms with Crippen LogP contribution in [0.1, 0.15) is 33.6 Å². The Kier molecular flexibility index (Phi) is 15.2. The Balaban J connectivity index is 3.07. The molecule has 0 saturated carbocycles. The van der Waals surface area contributed by atoms with E-state index in [1.54, 1.807) is 0 Å².